The zero-order valence-corrected chi connectivity index (χ0v) is 14.5. The first-order valence-corrected chi connectivity index (χ1v) is 8.25. The van der Waals surface area contributed by atoms with Crippen LogP contribution in [-0.2, 0) is 0 Å². The first-order valence-electron chi connectivity index (χ1n) is 7.43. The Balaban J connectivity index is 1.88. The van der Waals surface area contributed by atoms with E-state index in [1.165, 1.54) is 11.3 Å². The summed E-state index contributed by atoms with van der Waals surface area (Å²) in [6.45, 7) is 3.74. The van der Waals surface area contributed by atoms with Crippen LogP contribution >= 0.6 is 11.3 Å². The van der Waals surface area contributed by atoms with E-state index in [9.17, 15) is 4.79 Å². The Morgan fingerprint density at radius 2 is 2.04 bits per heavy atom. The van der Waals surface area contributed by atoms with Gasteiger partial charge in [-0.2, -0.15) is 0 Å². The van der Waals surface area contributed by atoms with Crippen molar-refractivity contribution in [3.8, 4) is 16.3 Å². The van der Waals surface area contributed by atoms with E-state index < -0.39 is 0 Å². The second-order valence-corrected chi connectivity index (χ2v) is 6.29. The number of nitrogens with zero attached hydrogens (tertiary/aromatic N) is 2. The fourth-order valence-electron chi connectivity index (χ4n) is 2.27. The molecule has 1 N–H and O–H groups in total. The number of benzene rings is 1. The second kappa shape index (κ2) is 6.80. The third-order valence-electron chi connectivity index (χ3n) is 3.56. The van der Waals surface area contributed by atoms with Crippen LogP contribution in [0, 0.1) is 13.8 Å². The van der Waals surface area contributed by atoms with Crippen molar-refractivity contribution in [2.45, 2.75) is 13.8 Å². The molecule has 0 atom stereocenters. The Kier molecular flexibility index (Phi) is 4.57. The number of hydrogen-bond acceptors (Lipinski definition) is 5. The fraction of sp³-hybridized carbons (Fsp3) is 0.167. The second-order valence-electron chi connectivity index (χ2n) is 5.29. The first kappa shape index (κ1) is 16.1. The first-order chi connectivity index (χ1) is 11.6. The number of carbonyl (C=O) groups excluding carboxylic acids is 1. The van der Waals surface area contributed by atoms with E-state index in [-0.39, 0.29) is 5.91 Å². The number of amides is 1. The minimum absolute atomic E-state index is 0.194. The maximum Gasteiger partial charge on any atom is 0.268 e. The van der Waals surface area contributed by atoms with Crippen LogP contribution in [0.5, 0.6) is 5.75 Å². The van der Waals surface area contributed by atoms with Crippen LogP contribution < -0.4 is 10.1 Å². The van der Waals surface area contributed by atoms with E-state index in [4.69, 9.17) is 4.74 Å². The number of carbonyl (C=O) groups is 1. The average molecular weight is 339 g/mol. The van der Waals surface area contributed by atoms with Crippen molar-refractivity contribution in [3.63, 3.8) is 0 Å². The third-order valence-corrected chi connectivity index (χ3v) is 4.77. The van der Waals surface area contributed by atoms with Crippen LogP contribution in [0.2, 0.25) is 0 Å². The van der Waals surface area contributed by atoms with Crippen LogP contribution in [0.4, 0.5) is 5.82 Å². The molecule has 6 heteroatoms. The van der Waals surface area contributed by atoms with Gasteiger partial charge in [0.1, 0.15) is 21.5 Å². The minimum atomic E-state index is -0.194. The molecule has 0 radical (unpaired) electrons. The Hall–Kier alpha value is -2.73. The van der Waals surface area contributed by atoms with E-state index in [0.717, 1.165) is 21.9 Å². The highest BCUT2D eigenvalue weighted by Gasteiger charge is 2.17. The highest BCUT2D eigenvalue weighted by Crippen LogP contribution is 2.30. The Bertz CT molecular complexity index is 889. The SMILES string of the molecule is COc1cccc(-c2nc(C)c(C(=O)Nc3ncccc3C)s2)c1. The molecular weight excluding hydrogens is 322 g/mol. The summed E-state index contributed by atoms with van der Waals surface area (Å²) in [5.74, 6) is 1.13. The van der Waals surface area contributed by atoms with Gasteiger partial charge in [-0.1, -0.05) is 18.2 Å². The molecule has 2 heterocycles. The molecule has 0 saturated carbocycles. The number of anilines is 1. The lowest BCUT2D eigenvalue weighted by Crippen LogP contribution is -2.13. The summed E-state index contributed by atoms with van der Waals surface area (Å²) in [4.78, 5) is 21.9. The Labute approximate surface area is 144 Å². The lowest BCUT2D eigenvalue weighted by molar-refractivity contribution is 0.102. The zero-order chi connectivity index (χ0) is 17.1. The largest absolute Gasteiger partial charge is 0.497 e. The molecule has 24 heavy (non-hydrogen) atoms. The standard InChI is InChI=1S/C18H17N3O2S/c1-11-6-5-9-19-16(11)21-17(22)15-12(2)20-18(24-15)13-7-4-8-14(10-13)23-3/h4-10H,1-3H3,(H,19,21,22). The summed E-state index contributed by atoms with van der Waals surface area (Å²) in [6.07, 6.45) is 1.66. The average Bonchev–Trinajstić information content (AvgIpc) is 2.99. The van der Waals surface area contributed by atoms with Gasteiger partial charge in [0.05, 0.1) is 12.8 Å². The van der Waals surface area contributed by atoms with E-state index in [0.29, 0.717) is 16.4 Å². The van der Waals surface area contributed by atoms with Crippen LogP contribution in [0.15, 0.2) is 42.6 Å². The molecule has 3 aromatic rings. The highest BCUT2D eigenvalue weighted by molar-refractivity contribution is 7.17. The van der Waals surface area contributed by atoms with Gasteiger partial charge >= 0.3 is 0 Å². The number of aromatic nitrogens is 2. The molecule has 0 spiro atoms. The van der Waals surface area contributed by atoms with Crippen molar-refractivity contribution in [1.29, 1.82) is 0 Å². The summed E-state index contributed by atoms with van der Waals surface area (Å²) in [6, 6.07) is 11.4. The van der Waals surface area contributed by atoms with Crippen molar-refractivity contribution in [2.24, 2.45) is 0 Å². The molecule has 1 amide bonds. The number of pyridine rings is 1. The van der Waals surface area contributed by atoms with E-state index in [1.807, 2.05) is 50.2 Å². The van der Waals surface area contributed by atoms with Crippen molar-refractivity contribution >= 4 is 23.1 Å². The maximum atomic E-state index is 12.5. The Morgan fingerprint density at radius 3 is 2.79 bits per heavy atom. The quantitative estimate of drug-likeness (QED) is 0.778. The number of rotatable bonds is 4. The number of nitrogens with one attached hydrogen (secondary N) is 1. The molecule has 0 aliphatic heterocycles. The molecule has 122 valence electrons. The van der Waals surface area contributed by atoms with E-state index in [2.05, 4.69) is 15.3 Å². The van der Waals surface area contributed by atoms with Crippen molar-refractivity contribution in [1.82, 2.24) is 9.97 Å². The number of aryl methyl sites for hydroxylation is 2. The topological polar surface area (TPSA) is 64.1 Å². The van der Waals surface area contributed by atoms with Gasteiger partial charge in [0.2, 0.25) is 0 Å². The summed E-state index contributed by atoms with van der Waals surface area (Å²) in [7, 11) is 1.63. The number of thiazole rings is 1. The predicted molar refractivity (Wildman–Crippen MR) is 95.8 cm³/mol. The maximum absolute atomic E-state index is 12.5. The van der Waals surface area contributed by atoms with Crippen molar-refractivity contribution in [2.75, 3.05) is 12.4 Å². The lowest BCUT2D eigenvalue weighted by atomic mass is 10.2. The molecule has 0 aliphatic carbocycles. The third kappa shape index (κ3) is 3.28. The van der Waals surface area contributed by atoms with Gasteiger partial charge in [-0.15, -0.1) is 11.3 Å². The molecule has 0 fully saturated rings. The minimum Gasteiger partial charge on any atom is -0.497 e. The fourth-order valence-corrected chi connectivity index (χ4v) is 3.23. The van der Waals surface area contributed by atoms with E-state index in [1.54, 1.807) is 13.3 Å². The molecule has 3 rings (SSSR count). The zero-order valence-electron chi connectivity index (χ0n) is 13.7. The predicted octanol–water partition coefficient (Wildman–Crippen LogP) is 4.08. The van der Waals surface area contributed by atoms with Gasteiger partial charge in [-0.25, -0.2) is 9.97 Å². The summed E-state index contributed by atoms with van der Waals surface area (Å²) in [5.41, 5.74) is 2.54. The molecule has 1 aromatic carbocycles. The van der Waals surface area contributed by atoms with Crippen LogP contribution in [0.3, 0.4) is 0 Å². The Morgan fingerprint density at radius 1 is 1.21 bits per heavy atom. The van der Waals surface area contributed by atoms with Crippen molar-refractivity contribution in [3.05, 3.63) is 58.7 Å². The number of hydrogen-bond donors (Lipinski definition) is 1. The monoisotopic (exact) mass is 339 g/mol. The molecule has 2 aromatic heterocycles. The van der Waals surface area contributed by atoms with Gasteiger partial charge in [-0.05, 0) is 37.6 Å². The van der Waals surface area contributed by atoms with Crippen LogP contribution in [-0.4, -0.2) is 23.0 Å². The van der Waals surface area contributed by atoms with Crippen LogP contribution in [0.1, 0.15) is 20.9 Å². The van der Waals surface area contributed by atoms with Crippen LogP contribution in [0.25, 0.3) is 10.6 Å². The lowest BCUT2D eigenvalue weighted by Gasteiger charge is -2.05. The smallest absolute Gasteiger partial charge is 0.268 e. The summed E-state index contributed by atoms with van der Waals surface area (Å²) < 4.78 is 5.24. The van der Waals surface area contributed by atoms with Gasteiger partial charge < -0.3 is 10.1 Å². The summed E-state index contributed by atoms with van der Waals surface area (Å²) in [5, 5.41) is 3.64. The molecule has 5 nitrogen and oxygen atoms in total. The number of methoxy groups -OCH3 is 1. The van der Waals surface area contributed by atoms with Gasteiger partial charge in [0, 0.05) is 11.8 Å². The summed E-state index contributed by atoms with van der Waals surface area (Å²) >= 11 is 1.36. The molecule has 0 unspecified atom stereocenters. The van der Waals surface area contributed by atoms with Gasteiger partial charge in [0.15, 0.2) is 0 Å². The van der Waals surface area contributed by atoms with Crippen molar-refractivity contribution < 1.29 is 9.53 Å². The molecule has 0 saturated heterocycles. The highest BCUT2D eigenvalue weighted by atomic mass is 32.1. The molecule has 0 aliphatic rings. The normalized spacial score (nSPS) is 10.5. The molecule has 0 bridgehead atoms. The van der Waals surface area contributed by atoms with Gasteiger partial charge in [-0.3, -0.25) is 4.79 Å². The number of ether oxygens (including phenoxy) is 1. The molecular formula is C18H17N3O2S. The van der Waals surface area contributed by atoms with E-state index >= 15 is 0 Å². The van der Waals surface area contributed by atoms with Gasteiger partial charge in [0.25, 0.3) is 5.91 Å².